The van der Waals surface area contributed by atoms with Crippen molar-refractivity contribution in [3.05, 3.63) is 52.8 Å². The second-order valence-corrected chi connectivity index (χ2v) is 8.35. The molecule has 0 atom stereocenters. The number of carbonyl (C=O) groups is 2. The van der Waals surface area contributed by atoms with Crippen LogP contribution in [-0.2, 0) is 11.2 Å². The van der Waals surface area contributed by atoms with Gasteiger partial charge in [0.25, 0.3) is 0 Å². The van der Waals surface area contributed by atoms with E-state index in [0.29, 0.717) is 32.1 Å². The van der Waals surface area contributed by atoms with E-state index in [1.165, 1.54) is 0 Å². The molecule has 1 aromatic carbocycles. The Labute approximate surface area is 179 Å². The average Bonchev–Trinajstić information content (AvgIpc) is 3.03. The van der Waals surface area contributed by atoms with Crippen molar-refractivity contribution in [1.29, 1.82) is 0 Å². The summed E-state index contributed by atoms with van der Waals surface area (Å²) in [6, 6.07) is 9.96. The van der Waals surface area contributed by atoms with Crippen LogP contribution >= 0.6 is 0 Å². The number of rotatable bonds is 7. The molecule has 0 saturated carbocycles. The number of nitrogens with zero attached hydrogens (tertiary/aromatic N) is 3. The van der Waals surface area contributed by atoms with Crippen molar-refractivity contribution in [2.45, 2.75) is 40.2 Å². The van der Waals surface area contributed by atoms with Crippen LogP contribution in [0.2, 0.25) is 0 Å². The zero-order chi connectivity index (χ0) is 21.8. The van der Waals surface area contributed by atoms with Crippen LogP contribution in [0.3, 0.4) is 0 Å². The SMILES string of the molecule is COc1ccc(CC(=O)N2CCN(CC(=O)c3cc(C)n(C(C)C)c3C)CC2)cc1. The quantitative estimate of drug-likeness (QED) is 0.656. The molecule has 3 rings (SSSR count). The van der Waals surface area contributed by atoms with E-state index in [2.05, 4.69) is 30.2 Å². The maximum Gasteiger partial charge on any atom is 0.227 e. The molecule has 1 aliphatic rings. The Morgan fingerprint density at radius 3 is 2.20 bits per heavy atom. The second-order valence-electron chi connectivity index (χ2n) is 8.35. The number of hydrogen-bond donors (Lipinski definition) is 0. The van der Waals surface area contributed by atoms with E-state index in [4.69, 9.17) is 4.74 Å². The zero-order valence-electron chi connectivity index (χ0n) is 18.8. The normalized spacial score (nSPS) is 14.9. The lowest BCUT2D eigenvalue weighted by Gasteiger charge is -2.34. The van der Waals surface area contributed by atoms with E-state index in [-0.39, 0.29) is 11.7 Å². The number of methoxy groups -OCH3 is 1. The van der Waals surface area contributed by atoms with Gasteiger partial charge in [0.15, 0.2) is 5.78 Å². The first-order valence-electron chi connectivity index (χ1n) is 10.6. The molecule has 1 saturated heterocycles. The molecule has 6 heteroatoms. The predicted octanol–water partition coefficient (Wildman–Crippen LogP) is 3.26. The Kier molecular flexibility index (Phi) is 6.98. The van der Waals surface area contributed by atoms with Gasteiger partial charge in [0.1, 0.15) is 5.75 Å². The van der Waals surface area contributed by atoms with E-state index in [1.807, 2.05) is 42.2 Å². The first-order valence-corrected chi connectivity index (χ1v) is 10.6. The molecule has 2 heterocycles. The number of Topliss-reactive ketones (excluding diaryl/α,β-unsaturated/α-hetero) is 1. The minimum absolute atomic E-state index is 0.131. The molecule has 1 amide bonds. The van der Waals surface area contributed by atoms with Crippen LogP contribution in [0.25, 0.3) is 0 Å². The maximum atomic E-state index is 12.9. The summed E-state index contributed by atoms with van der Waals surface area (Å²) in [4.78, 5) is 29.6. The minimum atomic E-state index is 0.131. The van der Waals surface area contributed by atoms with Crippen LogP contribution < -0.4 is 4.74 Å². The fourth-order valence-electron chi connectivity index (χ4n) is 4.33. The lowest BCUT2D eigenvalue weighted by molar-refractivity contribution is -0.132. The topological polar surface area (TPSA) is 54.8 Å². The van der Waals surface area contributed by atoms with Crippen molar-refractivity contribution >= 4 is 11.7 Å². The molecule has 30 heavy (non-hydrogen) atoms. The van der Waals surface area contributed by atoms with Gasteiger partial charge in [-0.15, -0.1) is 0 Å². The highest BCUT2D eigenvalue weighted by molar-refractivity contribution is 5.99. The molecular formula is C24H33N3O3. The number of hydrogen-bond acceptors (Lipinski definition) is 4. The van der Waals surface area contributed by atoms with Gasteiger partial charge in [0.05, 0.1) is 20.1 Å². The number of aryl methyl sites for hydroxylation is 1. The lowest BCUT2D eigenvalue weighted by atomic mass is 10.1. The second kappa shape index (κ2) is 9.47. The monoisotopic (exact) mass is 411 g/mol. The molecule has 1 fully saturated rings. The average molecular weight is 412 g/mol. The minimum Gasteiger partial charge on any atom is -0.497 e. The Balaban J connectivity index is 1.52. The third-order valence-electron chi connectivity index (χ3n) is 5.91. The van der Waals surface area contributed by atoms with Gasteiger partial charge in [-0.25, -0.2) is 0 Å². The van der Waals surface area contributed by atoms with Gasteiger partial charge in [0, 0.05) is 49.2 Å². The van der Waals surface area contributed by atoms with Gasteiger partial charge < -0.3 is 14.2 Å². The number of aromatic nitrogens is 1. The van der Waals surface area contributed by atoms with Crippen molar-refractivity contribution in [2.24, 2.45) is 0 Å². The molecule has 1 aliphatic heterocycles. The molecule has 162 valence electrons. The third-order valence-corrected chi connectivity index (χ3v) is 5.91. The Hall–Kier alpha value is -2.60. The van der Waals surface area contributed by atoms with Crippen molar-refractivity contribution in [3.8, 4) is 5.75 Å². The summed E-state index contributed by atoms with van der Waals surface area (Å²) in [6.45, 7) is 11.5. The Bertz CT molecular complexity index is 891. The van der Waals surface area contributed by atoms with Gasteiger partial charge in [-0.2, -0.15) is 0 Å². The fraction of sp³-hybridized carbons (Fsp3) is 0.500. The zero-order valence-corrected chi connectivity index (χ0v) is 18.8. The van der Waals surface area contributed by atoms with Crippen molar-refractivity contribution in [1.82, 2.24) is 14.4 Å². The highest BCUT2D eigenvalue weighted by Crippen LogP contribution is 2.21. The number of piperazine rings is 1. The van der Waals surface area contributed by atoms with Crippen LogP contribution in [0.5, 0.6) is 5.75 Å². The molecule has 2 aromatic rings. The van der Waals surface area contributed by atoms with Gasteiger partial charge in [-0.1, -0.05) is 12.1 Å². The molecule has 0 spiro atoms. The summed E-state index contributed by atoms with van der Waals surface area (Å²) in [5.41, 5.74) is 3.97. The van der Waals surface area contributed by atoms with Crippen LogP contribution in [0.4, 0.5) is 0 Å². The van der Waals surface area contributed by atoms with Crippen LogP contribution in [-0.4, -0.2) is 65.9 Å². The molecule has 6 nitrogen and oxygen atoms in total. The fourth-order valence-corrected chi connectivity index (χ4v) is 4.33. The van der Waals surface area contributed by atoms with Crippen molar-refractivity contribution in [3.63, 3.8) is 0 Å². The van der Waals surface area contributed by atoms with E-state index >= 15 is 0 Å². The van der Waals surface area contributed by atoms with Gasteiger partial charge in [-0.3, -0.25) is 14.5 Å². The standard InChI is InChI=1S/C24H33N3O3/c1-17(2)27-18(3)14-22(19(27)4)23(28)16-25-10-12-26(13-11-25)24(29)15-20-6-8-21(30-5)9-7-20/h6-9,14,17H,10-13,15-16H2,1-5H3. The highest BCUT2D eigenvalue weighted by atomic mass is 16.5. The molecule has 0 unspecified atom stereocenters. The van der Waals surface area contributed by atoms with Crippen molar-refractivity contribution in [2.75, 3.05) is 39.8 Å². The molecular weight excluding hydrogens is 378 g/mol. The first-order chi connectivity index (χ1) is 14.3. The third kappa shape index (κ3) is 4.93. The number of ether oxygens (including phenoxy) is 1. The van der Waals surface area contributed by atoms with Gasteiger partial charge in [-0.05, 0) is 51.5 Å². The molecule has 0 N–H and O–H groups in total. The molecule has 0 aliphatic carbocycles. The highest BCUT2D eigenvalue weighted by Gasteiger charge is 2.24. The Morgan fingerprint density at radius 2 is 1.67 bits per heavy atom. The van der Waals surface area contributed by atoms with Crippen LogP contribution in [0.15, 0.2) is 30.3 Å². The van der Waals surface area contributed by atoms with Crippen molar-refractivity contribution < 1.29 is 14.3 Å². The summed E-state index contributed by atoms with van der Waals surface area (Å²) >= 11 is 0. The maximum absolute atomic E-state index is 12.9. The number of ketones is 1. The molecule has 0 radical (unpaired) electrons. The lowest BCUT2D eigenvalue weighted by Crippen LogP contribution is -2.50. The molecule has 0 bridgehead atoms. The number of benzene rings is 1. The summed E-state index contributed by atoms with van der Waals surface area (Å²) < 4.78 is 7.37. The summed E-state index contributed by atoms with van der Waals surface area (Å²) in [6.07, 6.45) is 0.393. The van der Waals surface area contributed by atoms with Crippen LogP contribution in [0.1, 0.15) is 47.2 Å². The summed E-state index contributed by atoms with van der Waals surface area (Å²) in [5, 5.41) is 0. The van der Waals surface area contributed by atoms with E-state index in [9.17, 15) is 9.59 Å². The largest absolute Gasteiger partial charge is 0.497 e. The van der Waals surface area contributed by atoms with Gasteiger partial charge >= 0.3 is 0 Å². The van der Waals surface area contributed by atoms with E-state index in [1.54, 1.807) is 7.11 Å². The first kappa shape index (κ1) is 22.1. The smallest absolute Gasteiger partial charge is 0.227 e. The predicted molar refractivity (Wildman–Crippen MR) is 118 cm³/mol. The van der Waals surface area contributed by atoms with E-state index < -0.39 is 0 Å². The summed E-state index contributed by atoms with van der Waals surface area (Å²) in [7, 11) is 1.63. The summed E-state index contributed by atoms with van der Waals surface area (Å²) in [5.74, 6) is 1.08. The number of carbonyl (C=O) groups excluding carboxylic acids is 2. The number of amides is 1. The van der Waals surface area contributed by atoms with Gasteiger partial charge in [0.2, 0.25) is 5.91 Å². The Morgan fingerprint density at radius 1 is 1.03 bits per heavy atom. The molecule has 1 aromatic heterocycles. The van der Waals surface area contributed by atoms with E-state index in [0.717, 1.165) is 41.4 Å². The van der Waals surface area contributed by atoms with Crippen LogP contribution in [0, 0.1) is 13.8 Å².